The molecule has 1 aliphatic rings. The minimum absolute atomic E-state index is 0.102. The zero-order chi connectivity index (χ0) is 19.4. The number of benzene rings is 2. The quantitative estimate of drug-likeness (QED) is 0.606. The average molecular weight is 389 g/mol. The molecule has 1 fully saturated rings. The van der Waals surface area contributed by atoms with Gasteiger partial charge in [0.05, 0.1) is 16.7 Å². The zero-order valence-corrected chi connectivity index (χ0v) is 16.0. The molecule has 27 heavy (non-hydrogen) atoms. The Morgan fingerprint density at radius 3 is 2.59 bits per heavy atom. The lowest BCUT2D eigenvalue weighted by molar-refractivity contribution is -0.384. The predicted octanol–water partition coefficient (Wildman–Crippen LogP) is 2.63. The zero-order valence-electron chi connectivity index (χ0n) is 15.2. The van der Waals surface area contributed by atoms with Crippen molar-refractivity contribution in [1.82, 2.24) is 9.62 Å². The summed E-state index contributed by atoms with van der Waals surface area (Å²) in [5, 5.41) is 14.2. The van der Waals surface area contributed by atoms with E-state index in [2.05, 4.69) is 12.2 Å². The van der Waals surface area contributed by atoms with Gasteiger partial charge in [0.25, 0.3) is 5.69 Å². The third kappa shape index (κ3) is 4.52. The first-order chi connectivity index (χ1) is 12.9. The number of nitro groups is 1. The largest absolute Gasteiger partial charge is 0.313 e. The van der Waals surface area contributed by atoms with Crippen LogP contribution in [-0.4, -0.2) is 37.3 Å². The number of aryl methyl sites for hydroxylation is 1. The van der Waals surface area contributed by atoms with Gasteiger partial charge < -0.3 is 5.32 Å². The Labute approximate surface area is 159 Å². The van der Waals surface area contributed by atoms with Gasteiger partial charge in [-0.3, -0.25) is 10.1 Å². The first kappa shape index (κ1) is 19.5. The lowest BCUT2D eigenvalue weighted by atomic mass is 10.0. The fraction of sp³-hybridized carbons (Fsp3) is 0.368. The van der Waals surface area contributed by atoms with Crippen molar-refractivity contribution in [2.75, 3.05) is 19.6 Å². The van der Waals surface area contributed by atoms with Crippen LogP contribution in [0.3, 0.4) is 0 Å². The van der Waals surface area contributed by atoms with Gasteiger partial charge in [-0.15, -0.1) is 0 Å². The lowest BCUT2D eigenvalue weighted by Gasteiger charge is -2.35. The van der Waals surface area contributed by atoms with Crippen LogP contribution in [0.4, 0.5) is 5.69 Å². The molecule has 7 nitrogen and oxygen atoms in total. The maximum absolute atomic E-state index is 13.1. The van der Waals surface area contributed by atoms with Crippen molar-refractivity contribution in [2.45, 2.75) is 25.1 Å². The number of nitrogens with zero attached hydrogens (tertiary/aromatic N) is 2. The number of hydrogen-bond acceptors (Lipinski definition) is 5. The van der Waals surface area contributed by atoms with Gasteiger partial charge in [-0.1, -0.05) is 43.3 Å². The van der Waals surface area contributed by atoms with Crippen LogP contribution in [0.5, 0.6) is 0 Å². The van der Waals surface area contributed by atoms with Gasteiger partial charge in [0.15, 0.2) is 0 Å². The van der Waals surface area contributed by atoms with Crippen LogP contribution in [0.25, 0.3) is 0 Å². The molecule has 1 N–H and O–H groups in total. The maximum Gasteiger partial charge on any atom is 0.269 e. The van der Waals surface area contributed by atoms with E-state index in [0.29, 0.717) is 25.2 Å². The van der Waals surface area contributed by atoms with E-state index in [4.69, 9.17) is 0 Å². The summed E-state index contributed by atoms with van der Waals surface area (Å²) >= 11 is 0. The van der Waals surface area contributed by atoms with Crippen LogP contribution in [0.1, 0.15) is 29.7 Å². The molecular formula is C19H23N3O4S. The van der Waals surface area contributed by atoms with Crippen LogP contribution in [-0.2, 0) is 22.2 Å². The lowest BCUT2D eigenvalue weighted by Crippen LogP contribution is -2.48. The summed E-state index contributed by atoms with van der Waals surface area (Å²) in [4.78, 5) is 10.4. The minimum Gasteiger partial charge on any atom is -0.313 e. The second kappa shape index (κ2) is 8.16. The number of sulfonamides is 1. The highest BCUT2D eigenvalue weighted by atomic mass is 32.2. The van der Waals surface area contributed by atoms with E-state index >= 15 is 0 Å². The third-order valence-corrected chi connectivity index (χ3v) is 6.64. The first-order valence-electron chi connectivity index (χ1n) is 8.93. The van der Waals surface area contributed by atoms with Crippen molar-refractivity contribution in [3.05, 3.63) is 75.3 Å². The number of hydrogen-bond donors (Lipinski definition) is 1. The number of non-ortho nitro benzene ring substituents is 1. The van der Waals surface area contributed by atoms with Crippen molar-refractivity contribution in [3.63, 3.8) is 0 Å². The molecule has 0 saturated carbocycles. The number of piperazine rings is 1. The van der Waals surface area contributed by atoms with Gasteiger partial charge in [0.1, 0.15) is 0 Å². The van der Waals surface area contributed by atoms with Crippen molar-refractivity contribution < 1.29 is 13.3 Å². The number of nitrogens with one attached hydrogen (secondary N) is 1. The van der Waals surface area contributed by atoms with Crippen LogP contribution in [0.15, 0.2) is 48.5 Å². The van der Waals surface area contributed by atoms with E-state index in [1.54, 1.807) is 6.07 Å². The fourth-order valence-electron chi connectivity index (χ4n) is 3.33. The molecule has 1 heterocycles. The SMILES string of the molecule is CCc1ccc(C2CNCCN2S(=O)(=O)Cc2cccc([N+](=O)[O-])c2)cc1. The normalized spacial score (nSPS) is 18.3. The summed E-state index contributed by atoms with van der Waals surface area (Å²) in [6, 6.07) is 13.5. The van der Waals surface area contributed by atoms with Crippen molar-refractivity contribution in [1.29, 1.82) is 0 Å². The van der Waals surface area contributed by atoms with Crippen LogP contribution in [0.2, 0.25) is 0 Å². The van der Waals surface area contributed by atoms with Gasteiger partial charge in [0.2, 0.25) is 10.0 Å². The molecule has 2 aromatic rings. The van der Waals surface area contributed by atoms with Gasteiger partial charge in [-0.05, 0) is 23.1 Å². The monoisotopic (exact) mass is 389 g/mol. The summed E-state index contributed by atoms with van der Waals surface area (Å²) in [5.41, 5.74) is 2.47. The molecule has 3 rings (SSSR count). The highest BCUT2D eigenvalue weighted by Crippen LogP contribution is 2.28. The minimum atomic E-state index is -3.62. The van der Waals surface area contributed by atoms with Crippen molar-refractivity contribution >= 4 is 15.7 Å². The maximum atomic E-state index is 13.1. The van der Waals surface area contributed by atoms with Gasteiger partial charge >= 0.3 is 0 Å². The Hall–Kier alpha value is -2.29. The average Bonchev–Trinajstić information content (AvgIpc) is 2.68. The predicted molar refractivity (Wildman–Crippen MR) is 104 cm³/mol. The Balaban J connectivity index is 1.86. The molecule has 0 spiro atoms. The molecule has 0 aromatic heterocycles. The van der Waals surface area contributed by atoms with Crippen molar-refractivity contribution in [3.8, 4) is 0 Å². The molecule has 1 saturated heterocycles. The molecular weight excluding hydrogens is 366 g/mol. The van der Waals surface area contributed by atoms with Gasteiger partial charge in [-0.25, -0.2) is 8.42 Å². The van der Waals surface area contributed by atoms with Crippen molar-refractivity contribution in [2.24, 2.45) is 0 Å². The molecule has 1 atom stereocenters. The van der Waals surface area contributed by atoms with E-state index in [0.717, 1.165) is 12.0 Å². The second-order valence-corrected chi connectivity index (χ2v) is 8.53. The fourth-order valence-corrected chi connectivity index (χ4v) is 5.05. The molecule has 2 aromatic carbocycles. The summed E-state index contributed by atoms with van der Waals surface area (Å²) in [5.74, 6) is -0.252. The van der Waals surface area contributed by atoms with E-state index in [1.165, 1.54) is 28.1 Å². The van der Waals surface area contributed by atoms with E-state index in [9.17, 15) is 18.5 Å². The Kier molecular flexibility index (Phi) is 5.88. The molecule has 0 aliphatic carbocycles. The molecule has 0 radical (unpaired) electrons. The molecule has 0 bridgehead atoms. The van der Waals surface area contributed by atoms with E-state index in [-0.39, 0.29) is 17.5 Å². The second-order valence-electron chi connectivity index (χ2n) is 6.61. The molecule has 0 amide bonds. The van der Waals surface area contributed by atoms with Gasteiger partial charge in [0, 0.05) is 31.8 Å². The Bertz CT molecular complexity index is 913. The Morgan fingerprint density at radius 1 is 1.19 bits per heavy atom. The smallest absolute Gasteiger partial charge is 0.269 e. The third-order valence-electron chi connectivity index (χ3n) is 4.79. The van der Waals surface area contributed by atoms with Crippen LogP contribution in [0, 0.1) is 10.1 Å². The highest BCUT2D eigenvalue weighted by molar-refractivity contribution is 7.88. The van der Waals surface area contributed by atoms with E-state index in [1.807, 2.05) is 24.3 Å². The van der Waals surface area contributed by atoms with E-state index < -0.39 is 14.9 Å². The summed E-state index contributed by atoms with van der Waals surface area (Å²) in [6.45, 7) is 3.57. The van der Waals surface area contributed by atoms with Crippen LogP contribution >= 0.6 is 0 Å². The molecule has 144 valence electrons. The molecule has 1 unspecified atom stereocenters. The number of nitro benzene ring substituents is 1. The highest BCUT2D eigenvalue weighted by Gasteiger charge is 2.33. The summed E-state index contributed by atoms with van der Waals surface area (Å²) < 4.78 is 27.7. The first-order valence-corrected chi connectivity index (χ1v) is 10.5. The Morgan fingerprint density at radius 2 is 1.93 bits per heavy atom. The standard InChI is InChI=1S/C19H23N3O4S/c1-2-15-6-8-17(9-7-15)19-13-20-10-11-21(19)27(25,26)14-16-4-3-5-18(12-16)22(23)24/h3-9,12,19-20H,2,10-11,13-14H2,1H3. The summed E-state index contributed by atoms with van der Waals surface area (Å²) in [6.07, 6.45) is 0.929. The molecule has 8 heteroatoms. The van der Waals surface area contributed by atoms with Crippen LogP contribution < -0.4 is 5.32 Å². The summed E-state index contributed by atoms with van der Waals surface area (Å²) in [7, 11) is -3.62. The van der Waals surface area contributed by atoms with Gasteiger partial charge in [-0.2, -0.15) is 4.31 Å². The topological polar surface area (TPSA) is 92.6 Å². The number of rotatable bonds is 6. The molecule has 1 aliphatic heterocycles.